The van der Waals surface area contributed by atoms with E-state index in [-0.39, 0.29) is 18.0 Å². The lowest BCUT2D eigenvalue weighted by Gasteiger charge is -2.13. The van der Waals surface area contributed by atoms with E-state index in [1.165, 1.54) is 0 Å². The van der Waals surface area contributed by atoms with Crippen molar-refractivity contribution in [2.24, 2.45) is 0 Å². The Morgan fingerprint density at radius 1 is 0.750 bits per heavy atom. The standard InChI is InChI=1S/C24H22O4/c1-18(27-23(25)20-8-4-2-5-9-20)12-13-19-14-16-22(17-15-19)28-24(26)21-10-6-3-7-11-21/h2-11,14-18H,12-13H2,1H3. The molecule has 3 rings (SSSR count). The van der Waals surface area contributed by atoms with Gasteiger partial charge in [0, 0.05) is 0 Å². The van der Waals surface area contributed by atoms with Gasteiger partial charge in [0.25, 0.3) is 0 Å². The van der Waals surface area contributed by atoms with Gasteiger partial charge in [0.1, 0.15) is 5.75 Å². The molecule has 0 radical (unpaired) electrons. The molecule has 0 saturated heterocycles. The van der Waals surface area contributed by atoms with Gasteiger partial charge in [-0.2, -0.15) is 0 Å². The van der Waals surface area contributed by atoms with Crippen LogP contribution < -0.4 is 4.74 Å². The number of carbonyl (C=O) groups is 2. The molecule has 142 valence electrons. The van der Waals surface area contributed by atoms with Gasteiger partial charge in [0.05, 0.1) is 17.2 Å². The summed E-state index contributed by atoms with van der Waals surface area (Å²) >= 11 is 0. The van der Waals surface area contributed by atoms with Crippen molar-refractivity contribution >= 4 is 11.9 Å². The van der Waals surface area contributed by atoms with Crippen molar-refractivity contribution in [3.05, 3.63) is 102 Å². The molecular formula is C24H22O4. The van der Waals surface area contributed by atoms with Crippen LogP contribution in [-0.4, -0.2) is 18.0 Å². The van der Waals surface area contributed by atoms with Gasteiger partial charge in [-0.15, -0.1) is 0 Å². The van der Waals surface area contributed by atoms with Crippen LogP contribution in [0.1, 0.15) is 39.6 Å². The SMILES string of the molecule is CC(CCc1ccc(OC(=O)c2ccccc2)cc1)OC(=O)c1ccccc1. The summed E-state index contributed by atoms with van der Waals surface area (Å²) in [5.41, 5.74) is 2.15. The third-order valence-electron chi connectivity index (χ3n) is 4.30. The molecule has 0 N–H and O–H groups in total. The van der Waals surface area contributed by atoms with Gasteiger partial charge >= 0.3 is 11.9 Å². The van der Waals surface area contributed by atoms with E-state index in [1.807, 2.05) is 43.3 Å². The zero-order valence-corrected chi connectivity index (χ0v) is 15.7. The van der Waals surface area contributed by atoms with Gasteiger partial charge in [-0.05, 0) is 61.7 Å². The summed E-state index contributed by atoms with van der Waals surface area (Å²) in [6.07, 6.45) is 1.28. The number of carbonyl (C=O) groups excluding carboxylic acids is 2. The van der Waals surface area contributed by atoms with Crippen LogP contribution in [0.4, 0.5) is 0 Å². The van der Waals surface area contributed by atoms with Gasteiger partial charge in [0.2, 0.25) is 0 Å². The molecule has 28 heavy (non-hydrogen) atoms. The van der Waals surface area contributed by atoms with Gasteiger partial charge in [-0.25, -0.2) is 9.59 Å². The number of rotatable bonds is 7. The Hall–Kier alpha value is -3.40. The molecule has 0 spiro atoms. The largest absolute Gasteiger partial charge is 0.459 e. The molecule has 0 amide bonds. The average molecular weight is 374 g/mol. The molecule has 0 saturated carbocycles. The van der Waals surface area contributed by atoms with Crippen LogP contribution in [0.3, 0.4) is 0 Å². The van der Waals surface area contributed by atoms with Gasteiger partial charge in [0.15, 0.2) is 0 Å². The maximum Gasteiger partial charge on any atom is 0.343 e. The first-order valence-corrected chi connectivity index (χ1v) is 9.24. The van der Waals surface area contributed by atoms with E-state index in [1.54, 1.807) is 48.5 Å². The highest BCUT2D eigenvalue weighted by Crippen LogP contribution is 2.16. The number of benzene rings is 3. The molecule has 3 aromatic rings. The smallest absolute Gasteiger partial charge is 0.343 e. The fourth-order valence-electron chi connectivity index (χ4n) is 2.72. The zero-order chi connectivity index (χ0) is 19.8. The van der Waals surface area contributed by atoms with E-state index in [0.717, 1.165) is 12.0 Å². The van der Waals surface area contributed by atoms with E-state index in [2.05, 4.69) is 0 Å². The van der Waals surface area contributed by atoms with Crippen molar-refractivity contribution in [1.82, 2.24) is 0 Å². The fourth-order valence-corrected chi connectivity index (χ4v) is 2.72. The van der Waals surface area contributed by atoms with Gasteiger partial charge in [-0.1, -0.05) is 48.5 Å². The first kappa shape index (κ1) is 19.4. The molecule has 0 heterocycles. The van der Waals surface area contributed by atoms with Gasteiger partial charge < -0.3 is 9.47 Å². The number of hydrogen-bond donors (Lipinski definition) is 0. The Bertz CT molecular complexity index is 902. The zero-order valence-electron chi connectivity index (χ0n) is 15.7. The summed E-state index contributed by atoms with van der Waals surface area (Å²) in [5, 5.41) is 0. The van der Waals surface area contributed by atoms with Crippen LogP contribution in [0, 0.1) is 0 Å². The number of ether oxygens (including phenoxy) is 2. The minimum atomic E-state index is -0.380. The average Bonchev–Trinajstić information content (AvgIpc) is 2.74. The Balaban J connectivity index is 1.47. The third-order valence-corrected chi connectivity index (χ3v) is 4.30. The Labute approximate surface area is 164 Å². The second kappa shape index (κ2) is 9.51. The van der Waals surface area contributed by atoms with E-state index in [9.17, 15) is 9.59 Å². The molecule has 0 fully saturated rings. The van der Waals surface area contributed by atoms with Crippen molar-refractivity contribution in [2.45, 2.75) is 25.9 Å². The van der Waals surface area contributed by atoms with Crippen LogP contribution >= 0.6 is 0 Å². The summed E-state index contributed by atoms with van der Waals surface area (Å²) in [6.45, 7) is 1.89. The number of hydrogen-bond acceptors (Lipinski definition) is 4. The normalized spacial score (nSPS) is 11.5. The van der Waals surface area contributed by atoms with Gasteiger partial charge in [-0.3, -0.25) is 0 Å². The molecule has 0 aliphatic rings. The Kier molecular flexibility index (Phi) is 6.58. The van der Waals surface area contributed by atoms with E-state index in [0.29, 0.717) is 23.3 Å². The predicted molar refractivity (Wildman–Crippen MR) is 107 cm³/mol. The minimum Gasteiger partial charge on any atom is -0.459 e. The second-order valence-corrected chi connectivity index (χ2v) is 6.52. The summed E-state index contributed by atoms with van der Waals surface area (Å²) in [4.78, 5) is 24.1. The van der Waals surface area contributed by atoms with E-state index in [4.69, 9.17) is 9.47 Å². The van der Waals surface area contributed by atoms with E-state index < -0.39 is 0 Å². The molecule has 1 atom stereocenters. The maximum absolute atomic E-state index is 12.1. The van der Waals surface area contributed by atoms with E-state index >= 15 is 0 Å². The second-order valence-electron chi connectivity index (χ2n) is 6.52. The molecule has 4 heteroatoms. The highest BCUT2D eigenvalue weighted by molar-refractivity contribution is 5.91. The summed E-state index contributed by atoms with van der Waals surface area (Å²) in [7, 11) is 0. The third kappa shape index (κ3) is 5.55. The molecule has 0 aromatic heterocycles. The molecule has 1 unspecified atom stereocenters. The monoisotopic (exact) mass is 374 g/mol. The highest BCUT2D eigenvalue weighted by Gasteiger charge is 2.12. The van der Waals surface area contributed by atoms with Crippen LogP contribution in [0.2, 0.25) is 0 Å². The topological polar surface area (TPSA) is 52.6 Å². The molecular weight excluding hydrogens is 352 g/mol. The molecule has 4 nitrogen and oxygen atoms in total. The van der Waals surface area contributed by atoms with Crippen molar-refractivity contribution < 1.29 is 19.1 Å². The molecule has 0 aliphatic carbocycles. The summed E-state index contributed by atoms with van der Waals surface area (Å²) < 4.78 is 10.8. The molecule has 0 bridgehead atoms. The minimum absolute atomic E-state index is 0.191. The predicted octanol–water partition coefficient (Wildman–Crippen LogP) is 5.08. The summed E-state index contributed by atoms with van der Waals surface area (Å²) in [6, 6.07) is 25.2. The van der Waals surface area contributed by atoms with Crippen molar-refractivity contribution in [3.8, 4) is 5.75 Å². The summed E-state index contributed by atoms with van der Waals surface area (Å²) in [5.74, 6) is -0.188. The highest BCUT2D eigenvalue weighted by atomic mass is 16.5. The molecule has 0 aliphatic heterocycles. The van der Waals surface area contributed by atoms with Crippen molar-refractivity contribution in [1.29, 1.82) is 0 Å². The van der Waals surface area contributed by atoms with Crippen LogP contribution in [0.15, 0.2) is 84.9 Å². The Morgan fingerprint density at radius 3 is 1.86 bits per heavy atom. The first-order valence-electron chi connectivity index (χ1n) is 9.24. The lowest BCUT2D eigenvalue weighted by atomic mass is 10.1. The van der Waals surface area contributed by atoms with Crippen LogP contribution in [-0.2, 0) is 11.2 Å². The van der Waals surface area contributed by atoms with Crippen LogP contribution in [0.25, 0.3) is 0 Å². The number of esters is 2. The lowest BCUT2D eigenvalue weighted by Crippen LogP contribution is -2.15. The molecule has 3 aromatic carbocycles. The number of aryl methyl sites for hydroxylation is 1. The van der Waals surface area contributed by atoms with Crippen molar-refractivity contribution in [3.63, 3.8) is 0 Å². The fraction of sp³-hybridized carbons (Fsp3) is 0.167. The first-order chi connectivity index (χ1) is 13.6. The quantitative estimate of drug-likeness (QED) is 0.427. The lowest BCUT2D eigenvalue weighted by molar-refractivity contribution is 0.0325. The van der Waals surface area contributed by atoms with Crippen LogP contribution in [0.5, 0.6) is 5.75 Å². The maximum atomic E-state index is 12.1. The van der Waals surface area contributed by atoms with Crippen molar-refractivity contribution in [2.75, 3.05) is 0 Å². The Morgan fingerprint density at radius 2 is 1.29 bits per heavy atom.